The maximum Gasteiger partial charge on any atom is 0.220 e. The summed E-state index contributed by atoms with van der Waals surface area (Å²) >= 11 is 0. The Morgan fingerprint density at radius 2 is 0.776 bits per heavy atom. The average molecular weight is 1220 g/mol. The fraction of sp³-hybridized carbons (Fsp3) is 0.894. The molecule has 17 atom stereocenters. The normalized spacial score (nSPS) is 29.2. The molecule has 0 aromatic rings. The molecule has 0 aliphatic carbocycles. The highest BCUT2D eigenvalue weighted by Crippen LogP contribution is 2.33. The summed E-state index contributed by atoms with van der Waals surface area (Å²) < 4.78 is 34.4. The number of amides is 1. The van der Waals surface area contributed by atoms with Crippen LogP contribution in [-0.2, 0) is 33.2 Å². The van der Waals surface area contributed by atoms with E-state index in [4.69, 9.17) is 28.4 Å². The molecule has 3 heterocycles. The van der Waals surface area contributed by atoms with E-state index in [-0.39, 0.29) is 18.9 Å². The predicted octanol–water partition coefficient (Wildman–Crippen LogP) is 8.05. The fourth-order valence-corrected chi connectivity index (χ4v) is 11.4. The first-order chi connectivity index (χ1) is 41.3. The summed E-state index contributed by atoms with van der Waals surface area (Å²) in [4.78, 5) is 13.4. The molecule has 3 aliphatic rings. The molecule has 1 amide bonds. The van der Waals surface area contributed by atoms with E-state index in [0.717, 1.165) is 77.0 Å². The van der Waals surface area contributed by atoms with Gasteiger partial charge in [-0.2, -0.15) is 0 Å². The average Bonchev–Trinajstić information content (AvgIpc) is 3.10. The first kappa shape index (κ1) is 77.3. The number of unbranched alkanes of at least 4 members (excludes halogenated alkanes) is 29. The molecule has 3 saturated heterocycles. The minimum atomic E-state index is -1.97. The largest absolute Gasteiger partial charge is 0.394 e. The van der Waals surface area contributed by atoms with E-state index >= 15 is 0 Å². The first-order valence-electron chi connectivity index (χ1n) is 33.7. The van der Waals surface area contributed by atoms with Gasteiger partial charge in [0.05, 0.1) is 38.6 Å². The highest BCUT2D eigenvalue weighted by molar-refractivity contribution is 5.76. The molecule has 85 heavy (non-hydrogen) atoms. The van der Waals surface area contributed by atoms with Crippen LogP contribution < -0.4 is 5.32 Å². The van der Waals surface area contributed by atoms with Crippen molar-refractivity contribution in [2.24, 2.45) is 0 Å². The number of hydrogen-bond acceptors (Lipinski definition) is 18. The molecule has 12 N–H and O–H groups in total. The molecule has 0 radical (unpaired) electrons. The highest BCUT2D eigenvalue weighted by Gasteiger charge is 2.53. The van der Waals surface area contributed by atoms with Crippen LogP contribution in [0.4, 0.5) is 0 Å². The molecule has 3 aliphatic heterocycles. The van der Waals surface area contributed by atoms with Gasteiger partial charge < -0.3 is 89.9 Å². The Morgan fingerprint density at radius 3 is 1.21 bits per heavy atom. The quantitative estimate of drug-likeness (QED) is 0.0202. The lowest BCUT2D eigenvalue weighted by molar-refractivity contribution is -0.379. The minimum absolute atomic E-state index is 0.252. The van der Waals surface area contributed by atoms with Crippen molar-refractivity contribution in [1.82, 2.24) is 5.32 Å². The van der Waals surface area contributed by atoms with Crippen molar-refractivity contribution in [3.05, 3.63) is 36.5 Å². The molecule has 3 rings (SSSR count). The van der Waals surface area contributed by atoms with E-state index in [1.807, 2.05) is 0 Å². The maximum absolute atomic E-state index is 13.4. The predicted molar refractivity (Wildman–Crippen MR) is 328 cm³/mol. The number of carbonyl (C=O) groups excluding carboxylic acids is 1. The number of ether oxygens (including phenoxy) is 6. The Bertz CT molecular complexity index is 1690. The molecular weight excluding hydrogens is 1090 g/mol. The van der Waals surface area contributed by atoms with Crippen molar-refractivity contribution in [1.29, 1.82) is 0 Å². The zero-order valence-electron chi connectivity index (χ0n) is 52.3. The van der Waals surface area contributed by atoms with E-state index in [1.54, 1.807) is 0 Å². The second kappa shape index (κ2) is 48.8. The summed E-state index contributed by atoms with van der Waals surface area (Å²) in [5.41, 5.74) is 0. The molecule has 17 unspecified atom stereocenters. The number of aliphatic hydroxyl groups is 11. The fourth-order valence-electron chi connectivity index (χ4n) is 11.4. The molecule has 0 saturated carbocycles. The Kier molecular flexibility index (Phi) is 44.4. The van der Waals surface area contributed by atoms with E-state index in [2.05, 4.69) is 55.6 Å². The molecule has 0 aromatic heterocycles. The summed E-state index contributed by atoms with van der Waals surface area (Å²) in [6.45, 7) is 1.79. The van der Waals surface area contributed by atoms with E-state index < -0.39 is 124 Å². The smallest absolute Gasteiger partial charge is 0.220 e. The van der Waals surface area contributed by atoms with Gasteiger partial charge in [0.1, 0.15) is 73.2 Å². The lowest BCUT2D eigenvalue weighted by Gasteiger charge is -2.48. The van der Waals surface area contributed by atoms with Gasteiger partial charge >= 0.3 is 0 Å². The van der Waals surface area contributed by atoms with Gasteiger partial charge in [0.25, 0.3) is 0 Å². The standard InChI is InChI=1S/C66H121NO18/c1-3-5-7-9-11-13-15-17-19-21-23-24-26-28-30-32-34-36-38-40-42-44-54(72)67-49(50(71)43-41-39-37-35-33-31-29-27-25-22-20-18-16-14-12-10-8-6-4-2)48-80-64-60(78)57(75)62(52(46-69)82-64)85-66-61(79)58(76)63(53(47-70)83-66)84-65-59(77)56(74)55(73)51(45-68)81-65/h15,17,21,23,26,28,49-53,55-66,68-71,73-79H,3-14,16,18-20,22,24-25,27,29-48H2,1-2H3,(H,67,72)/b17-15-,23-21-,28-26-. The highest BCUT2D eigenvalue weighted by atomic mass is 16.8. The molecule has 3 fully saturated rings. The molecule has 0 bridgehead atoms. The number of aliphatic hydroxyl groups excluding tert-OH is 11. The lowest BCUT2D eigenvalue weighted by atomic mass is 9.96. The molecule has 0 aromatic carbocycles. The third-order valence-electron chi connectivity index (χ3n) is 17.0. The molecular formula is C66H121NO18. The Morgan fingerprint density at radius 1 is 0.424 bits per heavy atom. The van der Waals surface area contributed by atoms with Gasteiger partial charge in [-0.05, 0) is 51.4 Å². The summed E-state index contributed by atoms with van der Waals surface area (Å²) in [7, 11) is 0. The second-order valence-corrected chi connectivity index (χ2v) is 24.3. The van der Waals surface area contributed by atoms with Crippen molar-refractivity contribution in [2.45, 2.75) is 349 Å². The summed E-state index contributed by atoms with van der Waals surface area (Å²) in [5.74, 6) is -0.254. The Labute approximate surface area is 511 Å². The van der Waals surface area contributed by atoms with Crippen molar-refractivity contribution in [3.63, 3.8) is 0 Å². The monoisotopic (exact) mass is 1220 g/mol. The molecule has 19 nitrogen and oxygen atoms in total. The van der Waals surface area contributed by atoms with Gasteiger partial charge in [-0.25, -0.2) is 0 Å². The molecule has 19 heteroatoms. The van der Waals surface area contributed by atoms with Gasteiger partial charge in [0.2, 0.25) is 5.91 Å². The minimum Gasteiger partial charge on any atom is -0.394 e. The number of allylic oxidation sites excluding steroid dienone is 6. The van der Waals surface area contributed by atoms with E-state index in [1.165, 1.54) is 135 Å². The number of nitrogens with one attached hydrogen (secondary N) is 1. The van der Waals surface area contributed by atoms with Gasteiger partial charge in [0.15, 0.2) is 18.9 Å². The zero-order valence-corrected chi connectivity index (χ0v) is 52.3. The van der Waals surface area contributed by atoms with Crippen LogP contribution >= 0.6 is 0 Å². The van der Waals surface area contributed by atoms with Crippen LogP contribution in [0.2, 0.25) is 0 Å². The van der Waals surface area contributed by atoms with Crippen LogP contribution in [0, 0.1) is 0 Å². The van der Waals surface area contributed by atoms with Crippen LogP contribution in [0.5, 0.6) is 0 Å². The SMILES string of the molecule is CCCCCCC/C=C\C/C=C\C/C=C\CCCCCCCCC(=O)NC(COC1OC(CO)C(OC2OC(CO)C(OC3OC(CO)C(O)C(O)C3O)C(O)C2O)C(O)C1O)C(O)CCCCCCCCCCCCCCCCCCCCC. The Balaban J connectivity index is 1.46. The van der Waals surface area contributed by atoms with Crippen molar-refractivity contribution < 1.29 is 89.4 Å². The topological polar surface area (TPSA) is 307 Å². The number of hydrogen-bond donors (Lipinski definition) is 12. The van der Waals surface area contributed by atoms with Gasteiger partial charge in [-0.3, -0.25) is 4.79 Å². The summed E-state index contributed by atoms with van der Waals surface area (Å²) in [5, 5.41) is 121. The third-order valence-corrected chi connectivity index (χ3v) is 17.0. The molecule has 0 spiro atoms. The Hall–Kier alpha value is -1.99. The number of carbonyl (C=O) groups is 1. The van der Waals surface area contributed by atoms with Crippen molar-refractivity contribution in [3.8, 4) is 0 Å². The van der Waals surface area contributed by atoms with Gasteiger partial charge in [0, 0.05) is 6.42 Å². The molecule has 498 valence electrons. The summed E-state index contributed by atoms with van der Waals surface area (Å²) in [6.07, 6.45) is 27.8. The van der Waals surface area contributed by atoms with Crippen LogP contribution in [0.1, 0.15) is 245 Å². The third kappa shape index (κ3) is 31.5. The first-order valence-corrected chi connectivity index (χ1v) is 33.7. The van der Waals surface area contributed by atoms with E-state index in [9.17, 15) is 61.0 Å². The summed E-state index contributed by atoms with van der Waals surface area (Å²) in [6, 6.07) is -0.895. The van der Waals surface area contributed by atoms with E-state index in [0.29, 0.717) is 12.8 Å². The van der Waals surface area contributed by atoms with Crippen LogP contribution in [0.3, 0.4) is 0 Å². The van der Waals surface area contributed by atoms with Crippen LogP contribution in [0.15, 0.2) is 36.5 Å². The lowest BCUT2D eigenvalue weighted by Crippen LogP contribution is -2.66. The maximum atomic E-state index is 13.4. The van der Waals surface area contributed by atoms with Gasteiger partial charge in [-0.15, -0.1) is 0 Å². The van der Waals surface area contributed by atoms with Crippen LogP contribution in [0.25, 0.3) is 0 Å². The van der Waals surface area contributed by atoms with Crippen molar-refractivity contribution in [2.75, 3.05) is 26.4 Å². The zero-order chi connectivity index (χ0) is 61.9. The second-order valence-electron chi connectivity index (χ2n) is 24.3. The van der Waals surface area contributed by atoms with Crippen LogP contribution in [-0.4, -0.2) is 193 Å². The van der Waals surface area contributed by atoms with Gasteiger partial charge in [-0.1, -0.05) is 224 Å². The number of rotatable bonds is 51. The van der Waals surface area contributed by atoms with Crippen molar-refractivity contribution >= 4 is 5.91 Å².